The van der Waals surface area contributed by atoms with E-state index in [-0.39, 0.29) is 29.7 Å². The maximum Gasteiger partial charge on any atom is 0.267 e. The van der Waals surface area contributed by atoms with Crippen LogP contribution in [0.3, 0.4) is 0 Å². The summed E-state index contributed by atoms with van der Waals surface area (Å²) in [6.07, 6.45) is -1.09. The van der Waals surface area contributed by atoms with Crippen LogP contribution in [0, 0.1) is 6.92 Å². The molecule has 3 aromatic rings. The van der Waals surface area contributed by atoms with Crippen molar-refractivity contribution < 1.29 is 27.4 Å². The largest absolute Gasteiger partial charge is 0.476 e. The first-order valence-corrected chi connectivity index (χ1v) is 11.9. The molecule has 2 aliphatic heterocycles. The number of hydrogen-bond acceptors (Lipinski definition) is 6. The molecule has 0 radical (unpaired) electrons. The molecule has 0 saturated carbocycles. The molecule has 3 aromatic carbocycles. The smallest absolute Gasteiger partial charge is 0.267 e. The van der Waals surface area contributed by atoms with Gasteiger partial charge in [-0.15, -0.1) is 0 Å². The molecule has 2 heterocycles. The summed E-state index contributed by atoms with van der Waals surface area (Å²) >= 11 is 6.13. The van der Waals surface area contributed by atoms with Gasteiger partial charge in [0.15, 0.2) is 17.6 Å². The normalized spacial score (nSPS) is 16.7. The molecule has 0 aromatic heterocycles. The topological polar surface area (TPSA) is 94.2 Å². The first kappa shape index (κ1) is 21.4. The van der Waals surface area contributed by atoms with Gasteiger partial charge in [0.05, 0.1) is 17.1 Å². The molecule has 1 amide bonds. The molecule has 1 atom stereocenters. The van der Waals surface area contributed by atoms with Crippen LogP contribution in [-0.2, 0) is 14.8 Å². The predicted octanol–water partition coefficient (Wildman–Crippen LogP) is 3.97. The SMILES string of the molecule is Cc1ccc(S(=O)(=O)N2CC(C(=O)Nc3ccc4c(c3)OCO4)Oc3ccc(Cl)cc32)cc1. The van der Waals surface area contributed by atoms with E-state index in [2.05, 4.69) is 5.32 Å². The second-order valence-electron chi connectivity index (χ2n) is 7.63. The number of anilines is 2. The number of carbonyl (C=O) groups is 1. The van der Waals surface area contributed by atoms with Crippen molar-refractivity contribution in [1.82, 2.24) is 0 Å². The molecule has 2 aliphatic rings. The number of sulfonamides is 1. The van der Waals surface area contributed by atoms with Gasteiger partial charge in [-0.25, -0.2) is 8.42 Å². The summed E-state index contributed by atoms with van der Waals surface area (Å²) in [6.45, 7) is 1.76. The zero-order valence-corrected chi connectivity index (χ0v) is 19.0. The van der Waals surface area contributed by atoms with E-state index in [4.69, 9.17) is 25.8 Å². The van der Waals surface area contributed by atoms with Crippen molar-refractivity contribution >= 4 is 38.9 Å². The standard InChI is InChI=1S/C23H19ClN2O6S/c1-14-2-6-17(7-3-14)33(28,29)26-12-22(32-19-8-4-15(24)10-18(19)26)23(27)25-16-5-9-20-21(11-16)31-13-30-20/h2-11,22H,12-13H2,1H3,(H,25,27). The fourth-order valence-corrected chi connectivity index (χ4v) is 5.26. The van der Waals surface area contributed by atoms with E-state index in [1.165, 1.54) is 18.2 Å². The minimum absolute atomic E-state index is 0.107. The lowest BCUT2D eigenvalue weighted by molar-refractivity contribution is -0.122. The van der Waals surface area contributed by atoms with E-state index in [0.29, 0.717) is 22.2 Å². The minimum Gasteiger partial charge on any atom is -0.476 e. The number of carbonyl (C=O) groups excluding carboxylic acids is 1. The number of benzene rings is 3. The van der Waals surface area contributed by atoms with Gasteiger partial charge in [-0.2, -0.15) is 0 Å². The van der Waals surface area contributed by atoms with Gasteiger partial charge in [0.1, 0.15) is 5.75 Å². The Bertz CT molecular complexity index is 1340. The summed E-state index contributed by atoms with van der Waals surface area (Å²) < 4.78 is 44.6. The summed E-state index contributed by atoms with van der Waals surface area (Å²) in [4.78, 5) is 13.1. The van der Waals surface area contributed by atoms with Crippen LogP contribution in [0.2, 0.25) is 5.02 Å². The molecule has 0 bridgehead atoms. The number of rotatable bonds is 4. The van der Waals surface area contributed by atoms with Crippen molar-refractivity contribution in [2.45, 2.75) is 17.9 Å². The average molecular weight is 487 g/mol. The Labute approximate surface area is 195 Å². The van der Waals surface area contributed by atoms with Gasteiger partial charge in [-0.1, -0.05) is 29.3 Å². The number of halogens is 1. The first-order valence-electron chi connectivity index (χ1n) is 10.1. The number of fused-ring (bicyclic) bond motifs is 2. The van der Waals surface area contributed by atoms with Crippen LogP contribution in [0.1, 0.15) is 5.56 Å². The van der Waals surface area contributed by atoms with Gasteiger partial charge >= 0.3 is 0 Å². The molecule has 10 heteroatoms. The van der Waals surface area contributed by atoms with E-state index in [0.717, 1.165) is 9.87 Å². The number of aryl methyl sites for hydroxylation is 1. The molecule has 0 aliphatic carbocycles. The molecule has 8 nitrogen and oxygen atoms in total. The lowest BCUT2D eigenvalue weighted by Gasteiger charge is -2.34. The molecule has 1 N–H and O–H groups in total. The third kappa shape index (κ3) is 4.05. The van der Waals surface area contributed by atoms with Gasteiger partial charge in [0.2, 0.25) is 6.79 Å². The molecule has 5 rings (SSSR count). The third-order valence-electron chi connectivity index (χ3n) is 5.33. The second kappa shape index (κ2) is 8.17. The lowest BCUT2D eigenvalue weighted by atomic mass is 10.2. The average Bonchev–Trinajstić information content (AvgIpc) is 3.26. The third-order valence-corrected chi connectivity index (χ3v) is 7.36. The summed E-state index contributed by atoms with van der Waals surface area (Å²) in [7, 11) is -3.98. The summed E-state index contributed by atoms with van der Waals surface area (Å²) in [5.74, 6) is 0.842. The van der Waals surface area contributed by atoms with E-state index in [1.54, 1.807) is 42.5 Å². The van der Waals surface area contributed by atoms with Crippen LogP contribution >= 0.6 is 11.6 Å². The van der Waals surface area contributed by atoms with Gasteiger partial charge in [-0.3, -0.25) is 9.10 Å². The number of amides is 1. The first-order chi connectivity index (χ1) is 15.8. The molecular formula is C23H19ClN2O6S. The quantitative estimate of drug-likeness (QED) is 0.599. The zero-order chi connectivity index (χ0) is 23.2. The van der Waals surface area contributed by atoms with E-state index >= 15 is 0 Å². The van der Waals surface area contributed by atoms with Crippen LogP contribution in [-0.4, -0.2) is 33.8 Å². The molecule has 0 fully saturated rings. The van der Waals surface area contributed by atoms with Crippen molar-refractivity contribution in [3.05, 3.63) is 71.2 Å². The second-order valence-corrected chi connectivity index (χ2v) is 9.92. The van der Waals surface area contributed by atoms with Gasteiger partial charge in [0.25, 0.3) is 15.9 Å². The van der Waals surface area contributed by atoms with Crippen molar-refractivity contribution in [3.63, 3.8) is 0 Å². The van der Waals surface area contributed by atoms with E-state index in [9.17, 15) is 13.2 Å². The van der Waals surface area contributed by atoms with Gasteiger partial charge < -0.3 is 19.5 Å². The van der Waals surface area contributed by atoms with Gasteiger partial charge in [0, 0.05) is 16.8 Å². The van der Waals surface area contributed by atoms with Crippen molar-refractivity contribution in [1.29, 1.82) is 0 Å². The fourth-order valence-electron chi connectivity index (χ4n) is 3.62. The van der Waals surface area contributed by atoms with E-state index < -0.39 is 22.0 Å². The Balaban J connectivity index is 1.46. The Hall–Kier alpha value is -3.43. The Morgan fingerprint density at radius 2 is 1.73 bits per heavy atom. The van der Waals surface area contributed by atoms with Crippen LogP contribution < -0.4 is 23.8 Å². The van der Waals surface area contributed by atoms with Crippen molar-refractivity contribution in [2.24, 2.45) is 0 Å². The molecule has 1 unspecified atom stereocenters. The minimum atomic E-state index is -3.98. The monoisotopic (exact) mass is 486 g/mol. The zero-order valence-electron chi connectivity index (χ0n) is 17.4. The molecular weight excluding hydrogens is 468 g/mol. The van der Waals surface area contributed by atoms with Gasteiger partial charge in [-0.05, 0) is 49.4 Å². The van der Waals surface area contributed by atoms with Crippen LogP contribution in [0.4, 0.5) is 11.4 Å². The highest BCUT2D eigenvalue weighted by atomic mass is 35.5. The summed E-state index contributed by atoms with van der Waals surface area (Å²) in [5.41, 5.74) is 1.68. The highest BCUT2D eigenvalue weighted by molar-refractivity contribution is 7.92. The van der Waals surface area contributed by atoms with E-state index in [1.807, 2.05) is 6.92 Å². The molecule has 33 heavy (non-hydrogen) atoms. The highest BCUT2D eigenvalue weighted by Crippen LogP contribution is 2.39. The summed E-state index contributed by atoms with van der Waals surface area (Å²) in [6, 6.07) is 16.1. The number of ether oxygens (including phenoxy) is 3. The molecule has 170 valence electrons. The Morgan fingerprint density at radius 3 is 2.52 bits per heavy atom. The number of hydrogen-bond donors (Lipinski definition) is 1. The van der Waals surface area contributed by atoms with Crippen LogP contribution in [0.5, 0.6) is 17.2 Å². The predicted molar refractivity (Wildman–Crippen MR) is 123 cm³/mol. The Kier molecular flexibility index (Phi) is 5.30. The van der Waals surface area contributed by atoms with Crippen LogP contribution in [0.25, 0.3) is 0 Å². The van der Waals surface area contributed by atoms with Crippen molar-refractivity contribution in [3.8, 4) is 17.2 Å². The number of nitrogens with one attached hydrogen (secondary N) is 1. The fraction of sp³-hybridized carbons (Fsp3) is 0.174. The lowest BCUT2D eigenvalue weighted by Crippen LogP contribution is -2.48. The Morgan fingerprint density at radius 1 is 1.00 bits per heavy atom. The summed E-state index contributed by atoms with van der Waals surface area (Å²) in [5, 5.41) is 3.11. The van der Waals surface area contributed by atoms with Crippen molar-refractivity contribution in [2.75, 3.05) is 23.0 Å². The maximum absolute atomic E-state index is 13.5. The molecule has 0 spiro atoms. The molecule has 0 saturated heterocycles. The van der Waals surface area contributed by atoms with Crippen LogP contribution in [0.15, 0.2) is 65.6 Å². The highest BCUT2D eigenvalue weighted by Gasteiger charge is 2.38. The number of nitrogens with zero attached hydrogens (tertiary/aromatic N) is 1. The maximum atomic E-state index is 13.5.